The summed E-state index contributed by atoms with van der Waals surface area (Å²) in [4.78, 5) is 26.9. The van der Waals surface area contributed by atoms with Crippen LogP contribution in [-0.4, -0.2) is 49.0 Å². The van der Waals surface area contributed by atoms with Gasteiger partial charge in [0, 0.05) is 77.9 Å². The number of aromatic nitrogens is 1. The molecule has 2 N–H and O–H groups in total. The first-order valence-corrected chi connectivity index (χ1v) is 13.9. The summed E-state index contributed by atoms with van der Waals surface area (Å²) < 4.78 is 5.91. The van der Waals surface area contributed by atoms with Gasteiger partial charge in [-0.25, -0.2) is 4.79 Å². The number of aromatic hydroxyl groups is 1. The van der Waals surface area contributed by atoms with Crippen LogP contribution in [0.25, 0.3) is 32.3 Å². The molecular weight excluding hydrogens is 496 g/mol. The first-order valence-electron chi connectivity index (χ1n) is 13.0. The van der Waals surface area contributed by atoms with E-state index in [1.54, 1.807) is 29.7 Å². The van der Waals surface area contributed by atoms with E-state index in [-0.39, 0.29) is 11.4 Å². The second-order valence-electron chi connectivity index (χ2n) is 9.48. The lowest BCUT2D eigenvalue weighted by molar-refractivity contribution is 0.476. The number of phenols is 1. The molecule has 0 atom stereocenters. The molecule has 4 heterocycles. The van der Waals surface area contributed by atoms with E-state index in [1.807, 2.05) is 35.8 Å². The maximum Gasteiger partial charge on any atom is 0.345 e. The van der Waals surface area contributed by atoms with Gasteiger partial charge in [-0.05, 0) is 61.5 Å². The predicted molar refractivity (Wildman–Crippen MR) is 158 cm³/mol. The number of H-pyrrole nitrogens is 1. The molecule has 6 rings (SSSR count). The van der Waals surface area contributed by atoms with Gasteiger partial charge < -0.3 is 24.3 Å². The SMILES string of the molecule is CCN1CCN(CC)c2cc3c(-c4cccs4)c(C=NCCc4c[nH]c5ccc(O)cc45)c(=O)oc3cc21. The molecule has 7 nitrogen and oxygen atoms in total. The van der Waals surface area contributed by atoms with Crippen molar-refractivity contribution in [3.05, 3.63) is 75.6 Å². The average molecular weight is 527 g/mol. The molecular formula is C30H30N4O3S. The van der Waals surface area contributed by atoms with Crippen molar-refractivity contribution in [3.8, 4) is 16.2 Å². The molecule has 0 saturated heterocycles. The molecule has 2 aromatic carbocycles. The minimum atomic E-state index is -0.382. The second kappa shape index (κ2) is 10.0. The molecule has 194 valence electrons. The molecule has 0 unspecified atom stereocenters. The van der Waals surface area contributed by atoms with Crippen LogP contribution in [0.15, 0.2) is 68.2 Å². The van der Waals surface area contributed by atoms with E-state index in [0.29, 0.717) is 24.1 Å². The van der Waals surface area contributed by atoms with Gasteiger partial charge in [0.25, 0.3) is 0 Å². The number of likely N-dealkylation sites (N-methyl/N-ethyl adjacent to an activating group) is 2. The van der Waals surface area contributed by atoms with Crippen molar-refractivity contribution in [1.29, 1.82) is 0 Å². The van der Waals surface area contributed by atoms with Crippen LogP contribution in [0.1, 0.15) is 25.0 Å². The Morgan fingerprint density at radius 3 is 2.61 bits per heavy atom. The normalized spacial score (nSPS) is 13.7. The van der Waals surface area contributed by atoms with Crippen molar-refractivity contribution in [3.63, 3.8) is 0 Å². The first-order chi connectivity index (χ1) is 18.6. The molecule has 3 aromatic heterocycles. The maximum absolute atomic E-state index is 13.3. The van der Waals surface area contributed by atoms with Crippen molar-refractivity contribution in [2.24, 2.45) is 4.99 Å². The largest absolute Gasteiger partial charge is 0.508 e. The van der Waals surface area contributed by atoms with Gasteiger partial charge in [-0.3, -0.25) is 4.99 Å². The summed E-state index contributed by atoms with van der Waals surface area (Å²) in [5.41, 5.74) is 5.90. The Bertz CT molecular complexity index is 1700. The molecule has 1 aliphatic rings. The van der Waals surface area contributed by atoms with Crippen LogP contribution in [-0.2, 0) is 6.42 Å². The third kappa shape index (κ3) is 4.24. The molecule has 0 saturated carbocycles. The zero-order valence-corrected chi connectivity index (χ0v) is 22.3. The van der Waals surface area contributed by atoms with Crippen molar-refractivity contribution in [1.82, 2.24) is 4.98 Å². The monoisotopic (exact) mass is 526 g/mol. The zero-order chi connectivity index (χ0) is 26.2. The van der Waals surface area contributed by atoms with Crippen molar-refractivity contribution < 1.29 is 9.52 Å². The summed E-state index contributed by atoms with van der Waals surface area (Å²) >= 11 is 1.61. The van der Waals surface area contributed by atoms with Crippen LogP contribution in [0.5, 0.6) is 5.75 Å². The third-order valence-electron chi connectivity index (χ3n) is 7.37. The van der Waals surface area contributed by atoms with Gasteiger partial charge in [-0.2, -0.15) is 0 Å². The molecule has 1 aliphatic heterocycles. The Hall–Kier alpha value is -4.04. The minimum absolute atomic E-state index is 0.238. The number of thiophene rings is 1. The van der Waals surface area contributed by atoms with Crippen LogP contribution >= 0.6 is 11.3 Å². The van der Waals surface area contributed by atoms with Crippen molar-refractivity contribution in [2.75, 3.05) is 42.5 Å². The number of anilines is 2. The predicted octanol–water partition coefficient (Wildman–Crippen LogP) is 6.04. The summed E-state index contributed by atoms with van der Waals surface area (Å²) in [7, 11) is 0. The molecule has 0 bridgehead atoms. The molecule has 0 fully saturated rings. The molecule has 5 aromatic rings. The lowest BCUT2D eigenvalue weighted by Crippen LogP contribution is -2.40. The fourth-order valence-corrected chi connectivity index (χ4v) is 6.20. The molecule has 0 amide bonds. The van der Waals surface area contributed by atoms with Crippen LogP contribution < -0.4 is 15.4 Å². The Labute approximate surface area is 224 Å². The molecule has 0 aliphatic carbocycles. The third-order valence-corrected chi connectivity index (χ3v) is 8.26. The number of aliphatic imine (C=N–C) groups is 1. The Kier molecular flexibility index (Phi) is 6.41. The van der Waals surface area contributed by atoms with Crippen LogP contribution in [0.2, 0.25) is 0 Å². The van der Waals surface area contributed by atoms with E-state index in [9.17, 15) is 9.90 Å². The number of nitrogens with zero attached hydrogens (tertiary/aromatic N) is 3. The van der Waals surface area contributed by atoms with Crippen molar-refractivity contribution >= 4 is 50.8 Å². The summed E-state index contributed by atoms with van der Waals surface area (Å²) in [6.07, 6.45) is 4.30. The van der Waals surface area contributed by atoms with Gasteiger partial charge >= 0.3 is 5.63 Å². The van der Waals surface area contributed by atoms with E-state index >= 15 is 0 Å². The average Bonchev–Trinajstić information content (AvgIpc) is 3.60. The van der Waals surface area contributed by atoms with Gasteiger partial charge in [-0.1, -0.05) is 6.07 Å². The molecule has 38 heavy (non-hydrogen) atoms. The number of phenolic OH excluding ortho intramolecular Hbond substituents is 1. The summed E-state index contributed by atoms with van der Waals surface area (Å²) in [5.74, 6) is 0.238. The topological polar surface area (TPSA) is 85.1 Å². The Morgan fingerprint density at radius 1 is 1.08 bits per heavy atom. The van der Waals surface area contributed by atoms with Crippen LogP contribution in [0.3, 0.4) is 0 Å². The summed E-state index contributed by atoms with van der Waals surface area (Å²) in [5, 5.41) is 13.8. The second-order valence-corrected chi connectivity index (χ2v) is 10.4. The highest BCUT2D eigenvalue weighted by Crippen LogP contribution is 2.41. The van der Waals surface area contributed by atoms with Gasteiger partial charge in [0.05, 0.1) is 16.9 Å². The van der Waals surface area contributed by atoms with E-state index in [4.69, 9.17) is 4.42 Å². The fraction of sp³-hybridized carbons (Fsp3) is 0.267. The molecule has 0 spiro atoms. The number of benzene rings is 2. The van der Waals surface area contributed by atoms with E-state index in [0.717, 1.165) is 64.2 Å². The smallest absolute Gasteiger partial charge is 0.345 e. The first kappa shape index (κ1) is 24.3. The number of hydrogen-bond acceptors (Lipinski definition) is 7. The van der Waals surface area contributed by atoms with Gasteiger partial charge in [0.2, 0.25) is 0 Å². The lowest BCUT2D eigenvalue weighted by atomic mass is 10.0. The fourth-order valence-electron chi connectivity index (χ4n) is 5.40. The Balaban J connectivity index is 1.41. The van der Waals surface area contributed by atoms with Crippen LogP contribution in [0, 0.1) is 0 Å². The summed E-state index contributed by atoms with van der Waals surface area (Å²) in [6, 6.07) is 13.6. The van der Waals surface area contributed by atoms with E-state index in [2.05, 4.69) is 39.7 Å². The molecule has 0 radical (unpaired) electrons. The Morgan fingerprint density at radius 2 is 1.87 bits per heavy atom. The highest BCUT2D eigenvalue weighted by Gasteiger charge is 2.25. The number of rotatable bonds is 7. The number of aromatic amines is 1. The van der Waals surface area contributed by atoms with Gasteiger partial charge in [0.1, 0.15) is 11.3 Å². The number of nitrogens with one attached hydrogen (secondary N) is 1. The lowest BCUT2D eigenvalue weighted by Gasteiger charge is -2.38. The highest BCUT2D eigenvalue weighted by atomic mass is 32.1. The standard InChI is InChI=1S/C30H30N4O3S/c1-3-33-11-12-34(4-2)26-16-27-22(15-25(26)33)29(28-6-5-13-38-28)23(30(36)37-27)18-31-10-9-19-17-32-24-8-7-20(35)14-21(19)24/h5-8,13-18,32,35H,3-4,9-12H2,1-2H3. The van der Waals surface area contributed by atoms with Crippen LogP contribution in [0.4, 0.5) is 11.4 Å². The van der Waals surface area contributed by atoms with E-state index in [1.165, 1.54) is 5.69 Å². The van der Waals surface area contributed by atoms with Gasteiger partial charge in [-0.15, -0.1) is 11.3 Å². The quantitative estimate of drug-likeness (QED) is 0.200. The van der Waals surface area contributed by atoms with E-state index < -0.39 is 0 Å². The minimum Gasteiger partial charge on any atom is -0.508 e. The maximum atomic E-state index is 13.3. The zero-order valence-electron chi connectivity index (χ0n) is 21.5. The van der Waals surface area contributed by atoms with Gasteiger partial charge in [0.15, 0.2) is 0 Å². The summed E-state index contributed by atoms with van der Waals surface area (Å²) in [6.45, 7) is 8.57. The highest BCUT2D eigenvalue weighted by molar-refractivity contribution is 7.13. The number of fused-ring (bicyclic) bond motifs is 3. The number of hydrogen-bond donors (Lipinski definition) is 2. The van der Waals surface area contributed by atoms with Crippen molar-refractivity contribution in [2.45, 2.75) is 20.3 Å². The molecule has 8 heteroatoms.